The number of benzene rings is 4. The first-order valence-electron chi connectivity index (χ1n) is 12.4. The van der Waals surface area contributed by atoms with Crippen LogP contribution in [0, 0.1) is 20.8 Å². The molecular formula is C33H19FIN5. The van der Waals surface area contributed by atoms with Crippen molar-refractivity contribution < 1.29 is 4.39 Å². The first-order chi connectivity index (χ1) is 19.6. The van der Waals surface area contributed by atoms with E-state index < -0.39 is 5.82 Å². The number of hydrogen-bond donors (Lipinski definition) is 0. The van der Waals surface area contributed by atoms with E-state index >= 15 is 4.39 Å². The van der Waals surface area contributed by atoms with Crippen LogP contribution in [0.2, 0.25) is 0 Å². The van der Waals surface area contributed by atoms with Gasteiger partial charge in [0.2, 0.25) is 0 Å². The maximum absolute atomic E-state index is 16.4. The third-order valence-corrected chi connectivity index (χ3v) is 6.87. The summed E-state index contributed by atoms with van der Waals surface area (Å²) in [5, 5.41) is 9.87. The van der Waals surface area contributed by atoms with Gasteiger partial charge in [-0.05, 0) is 46.9 Å². The van der Waals surface area contributed by atoms with Crippen LogP contribution < -0.4 is 0 Å². The second-order valence-electron chi connectivity index (χ2n) is 8.96. The molecule has 0 saturated heterocycles. The molecule has 0 atom stereocenters. The third kappa shape index (κ3) is 5.22. The molecule has 5 nitrogen and oxygen atoms in total. The van der Waals surface area contributed by atoms with Gasteiger partial charge in [0.05, 0.1) is 39.8 Å². The van der Waals surface area contributed by atoms with Crippen molar-refractivity contribution in [2.75, 3.05) is 0 Å². The molecule has 0 bridgehead atoms. The number of hydrogen-bond acceptors (Lipinski definition) is 5. The Labute approximate surface area is 244 Å². The van der Waals surface area contributed by atoms with Crippen LogP contribution in [0.1, 0.15) is 5.56 Å². The lowest BCUT2D eigenvalue weighted by atomic mass is 10.0. The van der Waals surface area contributed by atoms with Crippen molar-refractivity contribution in [2.24, 2.45) is 0 Å². The largest absolute Gasteiger partial charge is 0.228 e. The van der Waals surface area contributed by atoms with Crippen molar-refractivity contribution in [1.29, 1.82) is 5.26 Å². The summed E-state index contributed by atoms with van der Waals surface area (Å²) in [4.78, 5) is 18.7. The zero-order valence-electron chi connectivity index (χ0n) is 21.0. The summed E-state index contributed by atoms with van der Waals surface area (Å²) in [7, 11) is 0. The molecule has 6 rings (SSSR count). The summed E-state index contributed by atoms with van der Waals surface area (Å²) in [6.45, 7) is 0. The minimum atomic E-state index is -0.593. The Balaban J connectivity index is 1.57. The smallest absolute Gasteiger partial charge is 0.163 e. The Kier molecular flexibility index (Phi) is 7.08. The molecule has 0 amide bonds. The predicted molar refractivity (Wildman–Crippen MR) is 162 cm³/mol. The Bertz CT molecular complexity index is 1810. The zero-order chi connectivity index (χ0) is 27.5. The summed E-state index contributed by atoms with van der Waals surface area (Å²) in [6.07, 6.45) is 0. The molecule has 2 heterocycles. The molecule has 40 heavy (non-hydrogen) atoms. The Morgan fingerprint density at radius 3 is 1.38 bits per heavy atom. The van der Waals surface area contributed by atoms with Crippen LogP contribution in [-0.2, 0) is 0 Å². The molecule has 6 aromatic rings. The van der Waals surface area contributed by atoms with Gasteiger partial charge in [-0.1, -0.05) is 91.0 Å². The van der Waals surface area contributed by atoms with Crippen LogP contribution >= 0.6 is 22.6 Å². The highest BCUT2D eigenvalue weighted by atomic mass is 127. The fraction of sp³-hybridized carbons (Fsp3) is 0. The number of halogens is 2. The molecule has 0 N–H and O–H groups in total. The molecule has 190 valence electrons. The molecule has 0 saturated carbocycles. The van der Waals surface area contributed by atoms with Gasteiger partial charge >= 0.3 is 0 Å². The number of aromatic nitrogens is 4. The van der Waals surface area contributed by atoms with Gasteiger partial charge in [-0.15, -0.1) is 0 Å². The molecule has 0 unspecified atom stereocenters. The Morgan fingerprint density at radius 2 is 0.950 bits per heavy atom. The third-order valence-electron chi connectivity index (χ3n) is 6.31. The second-order valence-corrected chi connectivity index (χ2v) is 10.1. The molecule has 0 aliphatic heterocycles. The molecule has 4 aromatic carbocycles. The average molecular weight is 631 g/mol. The van der Waals surface area contributed by atoms with E-state index in [-0.39, 0.29) is 28.3 Å². The van der Waals surface area contributed by atoms with Crippen molar-refractivity contribution in [3.63, 3.8) is 0 Å². The van der Waals surface area contributed by atoms with Crippen molar-refractivity contribution in [2.45, 2.75) is 0 Å². The van der Waals surface area contributed by atoms with Gasteiger partial charge in [-0.3, -0.25) is 0 Å². The van der Waals surface area contributed by atoms with E-state index in [0.717, 1.165) is 16.7 Å². The first-order valence-corrected chi connectivity index (χ1v) is 13.5. The van der Waals surface area contributed by atoms with E-state index in [9.17, 15) is 5.26 Å². The molecule has 0 aliphatic carbocycles. The van der Waals surface area contributed by atoms with Crippen molar-refractivity contribution in [3.05, 3.63) is 130 Å². The standard InChI is InChI=1S/C33H19FIN5/c34-31-25(32-37-27(22-10-4-1-5-11-22)18-28(38-32)23-12-6-2-7-13-23)16-21(20-36)17-26(31)33-39-29(19-30(35)40-33)24-14-8-3-9-15-24/h1-19H. The maximum atomic E-state index is 16.4. The summed E-state index contributed by atoms with van der Waals surface area (Å²) < 4.78 is 17.1. The van der Waals surface area contributed by atoms with Gasteiger partial charge in [0.1, 0.15) is 9.52 Å². The SMILES string of the molecule is N#Cc1cc(-c2nc(I)cc(-c3ccccc3)n2)c(F)c(-c2nc(-c3ccccc3)cc(-c3ccccc3)n2)c1. The minimum absolute atomic E-state index is 0.104. The molecule has 7 heteroatoms. The number of nitrogens with zero attached hydrogens (tertiary/aromatic N) is 5. The normalized spacial score (nSPS) is 10.7. The van der Waals surface area contributed by atoms with Gasteiger partial charge in [0.25, 0.3) is 0 Å². The fourth-order valence-electron chi connectivity index (χ4n) is 4.39. The lowest BCUT2D eigenvalue weighted by Crippen LogP contribution is -2.02. The quantitative estimate of drug-likeness (QED) is 0.142. The predicted octanol–water partition coefficient (Wildman–Crippen LogP) is 8.22. The molecule has 2 aromatic heterocycles. The lowest BCUT2D eigenvalue weighted by Gasteiger charge is -2.12. The molecular weight excluding hydrogens is 612 g/mol. The van der Waals surface area contributed by atoms with Crippen molar-refractivity contribution in [3.8, 4) is 62.6 Å². The van der Waals surface area contributed by atoms with Gasteiger partial charge in [0, 0.05) is 16.7 Å². The maximum Gasteiger partial charge on any atom is 0.163 e. The van der Waals surface area contributed by atoms with Crippen molar-refractivity contribution >= 4 is 22.6 Å². The van der Waals surface area contributed by atoms with Gasteiger partial charge in [-0.25, -0.2) is 24.3 Å². The van der Waals surface area contributed by atoms with Crippen LogP contribution in [0.5, 0.6) is 0 Å². The average Bonchev–Trinajstić information content (AvgIpc) is 3.02. The monoisotopic (exact) mass is 631 g/mol. The van der Waals surface area contributed by atoms with E-state index in [1.54, 1.807) is 0 Å². The van der Waals surface area contributed by atoms with Crippen LogP contribution in [0.15, 0.2) is 115 Å². The minimum Gasteiger partial charge on any atom is -0.228 e. The van der Waals surface area contributed by atoms with E-state index in [0.29, 0.717) is 20.8 Å². The van der Waals surface area contributed by atoms with E-state index in [1.165, 1.54) is 12.1 Å². The summed E-state index contributed by atoms with van der Waals surface area (Å²) in [6, 6.07) is 37.8. The van der Waals surface area contributed by atoms with Crippen LogP contribution in [0.25, 0.3) is 56.5 Å². The molecule has 0 spiro atoms. The van der Waals surface area contributed by atoms with E-state index in [1.807, 2.05) is 103 Å². The van der Waals surface area contributed by atoms with E-state index in [4.69, 9.17) is 9.97 Å². The molecule has 0 radical (unpaired) electrons. The highest BCUT2D eigenvalue weighted by Crippen LogP contribution is 2.34. The van der Waals surface area contributed by atoms with Crippen LogP contribution in [0.4, 0.5) is 4.39 Å². The fourth-order valence-corrected chi connectivity index (χ4v) is 4.91. The van der Waals surface area contributed by atoms with Crippen LogP contribution in [0.3, 0.4) is 0 Å². The summed E-state index contributed by atoms with van der Waals surface area (Å²) >= 11 is 2.09. The topological polar surface area (TPSA) is 75.3 Å². The molecule has 0 aliphatic rings. The lowest BCUT2D eigenvalue weighted by molar-refractivity contribution is 0.632. The van der Waals surface area contributed by atoms with E-state index in [2.05, 4.69) is 38.6 Å². The van der Waals surface area contributed by atoms with Gasteiger partial charge < -0.3 is 0 Å². The number of nitriles is 1. The highest BCUT2D eigenvalue weighted by Gasteiger charge is 2.21. The van der Waals surface area contributed by atoms with Gasteiger partial charge in [0.15, 0.2) is 11.6 Å². The van der Waals surface area contributed by atoms with Gasteiger partial charge in [-0.2, -0.15) is 5.26 Å². The van der Waals surface area contributed by atoms with Crippen LogP contribution in [-0.4, -0.2) is 19.9 Å². The first kappa shape index (κ1) is 25.5. The number of rotatable bonds is 5. The summed E-state index contributed by atoms with van der Waals surface area (Å²) in [5.41, 5.74) is 5.04. The second kappa shape index (κ2) is 11.1. The molecule has 0 fully saturated rings. The Morgan fingerprint density at radius 1 is 0.550 bits per heavy atom. The van der Waals surface area contributed by atoms with Crippen molar-refractivity contribution in [1.82, 2.24) is 19.9 Å². The summed E-state index contributed by atoms with van der Waals surface area (Å²) in [5.74, 6) is -0.238. The highest BCUT2D eigenvalue weighted by molar-refractivity contribution is 14.1. The Hall–Kier alpha value is -4.81. The zero-order valence-corrected chi connectivity index (χ0v) is 23.1.